The third-order valence-corrected chi connectivity index (χ3v) is 5.41. The molecule has 1 unspecified atom stereocenters. The van der Waals surface area contributed by atoms with E-state index in [4.69, 9.17) is 22.7 Å². The summed E-state index contributed by atoms with van der Waals surface area (Å²) in [7, 11) is 0. The molecule has 0 aliphatic rings. The van der Waals surface area contributed by atoms with Crippen molar-refractivity contribution in [2.75, 3.05) is 0 Å². The fourth-order valence-corrected chi connectivity index (χ4v) is 3.84. The molecule has 8 heteroatoms. The van der Waals surface area contributed by atoms with Crippen LogP contribution in [0.15, 0.2) is 53.7 Å². The number of aliphatic imine (C=N–C) groups is 1. The first-order chi connectivity index (χ1) is 13.0. The average Bonchev–Trinajstić information content (AvgIpc) is 3.14. The van der Waals surface area contributed by atoms with E-state index in [9.17, 15) is 10.2 Å². The third-order valence-electron chi connectivity index (χ3n) is 3.94. The fourth-order valence-electron chi connectivity index (χ4n) is 2.62. The van der Waals surface area contributed by atoms with E-state index in [1.165, 1.54) is 11.3 Å². The molecule has 3 rings (SSSR count). The van der Waals surface area contributed by atoms with Crippen molar-refractivity contribution in [2.24, 2.45) is 10.7 Å². The second kappa shape index (κ2) is 8.41. The number of benzene rings is 1. The van der Waals surface area contributed by atoms with Crippen molar-refractivity contribution >= 4 is 35.1 Å². The van der Waals surface area contributed by atoms with Crippen molar-refractivity contribution < 1.29 is 10.2 Å². The van der Waals surface area contributed by atoms with Crippen LogP contribution in [-0.4, -0.2) is 27.4 Å². The standard InChI is InChI=1S/C19H17ClN4O2S/c20-13-3-1-11(2-4-13)17(26)15-8-16(27-18(15)19(22)24-10-21)12-5-6-23-14(7-12)9-25/h1-8,10,17,25-26H,9H2,(H3,21,22,24). The molecule has 0 radical (unpaired) electrons. The quantitative estimate of drug-likeness (QED) is 0.375. The fraction of sp³-hybridized carbons (Fsp3) is 0.105. The largest absolute Gasteiger partial charge is 0.390 e. The molecule has 2 aromatic heterocycles. The summed E-state index contributed by atoms with van der Waals surface area (Å²) in [5.74, 6) is 0.153. The highest BCUT2D eigenvalue weighted by molar-refractivity contribution is 7.17. The van der Waals surface area contributed by atoms with Crippen LogP contribution in [0.25, 0.3) is 10.4 Å². The van der Waals surface area contributed by atoms with Gasteiger partial charge in [-0.3, -0.25) is 10.4 Å². The maximum Gasteiger partial charge on any atom is 0.143 e. The molecule has 1 aromatic carbocycles. The SMILES string of the molecule is N=CN=C(N)c1sc(-c2ccnc(CO)c2)cc1C(O)c1ccc(Cl)cc1. The Morgan fingerprint density at radius 3 is 2.70 bits per heavy atom. The average molecular weight is 401 g/mol. The number of aromatic nitrogens is 1. The number of pyridine rings is 1. The Hall–Kier alpha value is -2.58. The van der Waals surface area contributed by atoms with Gasteiger partial charge in [-0.05, 0) is 41.5 Å². The van der Waals surface area contributed by atoms with Gasteiger partial charge in [0.05, 0.1) is 17.2 Å². The Labute approximate surface area is 165 Å². The number of nitrogens with two attached hydrogens (primary N) is 1. The first kappa shape index (κ1) is 19.2. The molecule has 5 N–H and O–H groups in total. The summed E-state index contributed by atoms with van der Waals surface area (Å²) < 4.78 is 0. The molecular weight excluding hydrogens is 384 g/mol. The molecule has 138 valence electrons. The van der Waals surface area contributed by atoms with Gasteiger partial charge >= 0.3 is 0 Å². The zero-order valence-corrected chi connectivity index (χ0v) is 15.7. The number of aliphatic hydroxyl groups is 2. The molecule has 3 aromatic rings. The molecule has 1 atom stereocenters. The minimum Gasteiger partial charge on any atom is -0.390 e. The van der Waals surface area contributed by atoms with Crippen LogP contribution in [0.5, 0.6) is 0 Å². The molecule has 0 aliphatic carbocycles. The van der Waals surface area contributed by atoms with Gasteiger partial charge in [0.2, 0.25) is 0 Å². The van der Waals surface area contributed by atoms with E-state index in [0.717, 1.165) is 16.8 Å². The number of rotatable bonds is 6. The smallest absolute Gasteiger partial charge is 0.143 e. The topological polar surface area (TPSA) is 116 Å². The second-order valence-corrected chi connectivity index (χ2v) is 7.18. The highest BCUT2D eigenvalue weighted by Gasteiger charge is 2.21. The lowest BCUT2D eigenvalue weighted by atomic mass is 10.0. The second-order valence-electron chi connectivity index (χ2n) is 5.69. The van der Waals surface area contributed by atoms with Crippen LogP contribution in [0.4, 0.5) is 0 Å². The Morgan fingerprint density at radius 1 is 1.30 bits per heavy atom. The van der Waals surface area contributed by atoms with Crippen LogP contribution in [0, 0.1) is 5.41 Å². The van der Waals surface area contributed by atoms with Crippen LogP contribution in [0.2, 0.25) is 5.02 Å². The van der Waals surface area contributed by atoms with Crippen LogP contribution in [0.3, 0.4) is 0 Å². The number of nitrogens with zero attached hydrogens (tertiary/aromatic N) is 2. The lowest BCUT2D eigenvalue weighted by Crippen LogP contribution is -2.15. The summed E-state index contributed by atoms with van der Waals surface area (Å²) in [5.41, 5.74) is 8.66. The van der Waals surface area contributed by atoms with Gasteiger partial charge in [0.25, 0.3) is 0 Å². The van der Waals surface area contributed by atoms with Crippen molar-refractivity contribution in [1.29, 1.82) is 5.41 Å². The highest BCUT2D eigenvalue weighted by Crippen LogP contribution is 2.37. The van der Waals surface area contributed by atoms with E-state index >= 15 is 0 Å². The Bertz CT molecular complexity index is 986. The lowest BCUT2D eigenvalue weighted by Gasteiger charge is -2.12. The molecule has 0 bridgehead atoms. The van der Waals surface area contributed by atoms with E-state index in [2.05, 4.69) is 9.98 Å². The summed E-state index contributed by atoms with van der Waals surface area (Å²) >= 11 is 7.28. The number of amidine groups is 1. The zero-order chi connectivity index (χ0) is 19.4. The van der Waals surface area contributed by atoms with Crippen LogP contribution >= 0.6 is 22.9 Å². The van der Waals surface area contributed by atoms with Crippen LogP contribution < -0.4 is 5.73 Å². The van der Waals surface area contributed by atoms with Crippen molar-refractivity contribution in [1.82, 2.24) is 4.98 Å². The van der Waals surface area contributed by atoms with E-state index in [1.807, 2.05) is 12.1 Å². The van der Waals surface area contributed by atoms with Gasteiger partial charge in [0, 0.05) is 21.7 Å². The normalized spacial score (nSPS) is 12.8. The number of halogens is 1. The molecule has 0 aliphatic heterocycles. The summed E-state index contributed by atoms with van der Waals surface area (Å²) in [6.45, 7) is -0.163. The highest BCUT2D eigenvalue weighted by atomic mass is 35.5. The molecule has 6 nitrogen and oxygen atoms in total. The number of nitrogens with one attached hydrogen (secondary N) is 1. The Balaban J connectivity index is 2.10. The van der Waals surface area contributed by atoms with E-state index in [1.54, 1.807) is 36.5 Å². The maximum absolute atomic E-state index is 10.9. The van der Waals surface area contributed by atoms with Crippen LogP contribution in [-0.2, 0) is 6.61 Å². The van der Waals surface area contributed by atoms with Gasteiger partial charge in [-0.1, -0.05) is 23.7 Å². The molecule has 0 saturated carbocycles. The number of hydrogen-bond donors (Lipinski definition) is 4. The number of aliphatic hydroxyl groups excluding tert-OH is 2. The first-order valence-electron chi connectivity index (χ1n) is 7.99. The maximum atomic E-state index is 10.9. The van der Waals surface area contributed by atoms with E-state index in [-0.39, 0.29) is 12.4 Å². The predicted molar refractivity (Wildman–Crippen MR) is 108 cm³/mol. The van der Waals surface area contributed by atoms with Crippen molar-refractivity contribution in [3.8, 4) is 10.4 Å². The van der Waals surface area contributed by atoms with E-state index < -0.39 is 6.10 Å². The first-order valence-corrected chi connectivity index (χ1v) is 9.19. The minimum atomic E-state index is -0.930. The summed E-state index contributed by atoms with van der Waals surface area (Å²) in [5, 5.41) is 27.9. The van der Waals surface area contributed by atoms with Gasteiger partial charge in [-0.25, -0.2) is 4.99 Å². The lowest BCUT2D eigenvalue weighted by molar-refractivity contribution is 0.220. The Kier molecular flexibility index (Phi) is 5.98. The predicted octanol–water partition coefficient (Wildman–Crippen LogP) is 3.35. The van der Waals surface area contributed by atoms with Gasteiger partial charge in [0.15, 0.2) is 0 Å². The van der Waals surface area contributed by atoms with Crippen molar-refractivity contribution in [2.45, 2.75) is 12.7 Å². The zero-order valence-electron chi connectivity index (χ0n) is 14.1. The molecule has 2 heterocycles. The molecule has 0 fully saturated rings. The minimum absolute atomic E-state index is 0.153. The van der Waals surface area contributed by atoms with Gasteiger partial charge in [-0.2, -0.15) is 0 Å². The van der Waals surface area contributed by atoms with E-state index in [0.29, 0.717) is 26.7 Å². The van der Waals surface area contributed by atoms with Gasteiger partial charge < -0.3 is 15.9 Å². The number of thiophene rings is 1. The van der Waals surface area contributed by atoms with Crippen molar-refractivity contribution in [3.05, 3.63) is 75.4 Å². The van der Waals surface area contributed by atoms with Gasteiger partial charge in [0.1, 0.15) is 18.3 Å². The summed E-state index contributed by atoms with van der Waals surface area (Å²) in [6.07, 6.45) is 1.55. The van der Waals surface area contributed by atoms with Gasteiger partial charge in [-0.15, -0.1) is 11.3 Å². The molecule has 0 saturated heterocycles. The Morgan fingerprint density at radius 2 is 2.04 bits per heavy atom. The molecule has 0 amide bonds. The number of hydrogen-bond acceptors (Lipinski definition) is 5. The van der Waals surface area contributed by atoms with Crippen molar-refractivity contribution in [3.63, 3.8) is 0 Å². The molecule has 0 spiro atoms. The van der Waals surface area contributed by atoms with Crippen LogP contribution in [0.1, 0.15) is 27.8 Å². The summed E-state index contributed by atoms with van der Waals surface area (Å²) in [6, 6.07) is 12.3. The summed E-state index contributed by atoms with van der Waals surface area (Å²) in [4.78, 5) is 9.35. The third kappa shape index (κ3) is 4.23. The monoisotopic (exact) mass is 400 g/mol. The molecule has 27 heavy (non-hydrogen) atoms. The molecular formula is C19H17ClN4O2S.